The van der Waals surface area contributed by atoms with E-state index in [1.54, 1.807) is 36.4 Å². The second-order valence-corrected chi connectivity index (χ2v) is 6.59. The molecule has 0 radical (unpaired) electrons. The zero-order valence-electron chi connectivity index (χ0n) is 13.9. The zero-order chi connectivity index (χ0) is 19.4. The number of carboxylic acids is 1. The number of imide groups is 1. The maximum absolute atomic E-state index is 12.3. The molecule has 1 aliphatic rings. The summed E-state index contributed by atoms with van der Waals surface area (Å²) in [5.74, 6) is -1.61. The second kappa shape index (κ2) is 7.92. The Morgan fingerprint density at radius 3 is 2.56 bits per heavy atom. The van der Waals surface area contributed by atoms with Gasteiger partial charge < -0.3 is 14.8 Å². The lowest BCUT2D eigenvalue weighted by Gasteiger charge is -2.12. The molecule has 3 rings (SSSR count). The van der Waals surface area contributed by atoms with E-state index in [1.165, 1.54) is 12.3 Å². The van der Waals surface area contributed by atoms with E-state index >= 15 is 0 Å². The van der Waals surface area contributed by atoms with Gasteiger partial charge in [-0.1, -0.05) is 12.1 Å². The van der Waals surface area contributed by atoms with Gasteiger partial charge in [-0.05, 0) is 41.6 Å². The van der Waals surface area contributed by atoms with Crippen molar-refractivity contribution < 1.29 is 28.7 Å². The Kier molecular flexibility index (Phi) is 5.41. The number of carbonyl (C=O) groups excluding carboxylic acids is 3. The molecule has 9 heteroatoms. The molecule has 1 aromatic carbocycles. The maximum atomic E-state index is 12.3. The topological polar surface area (TPSA) is 117 Å². The van der Waals surface area contributed by atoms with Gasteiger partial charge in [0.1, 0.15) is 12.3 Å². The Morgan fingerprint density at radius 1 is 1.19 bits per heavy atom. The molecule has 2 aromatic rings. The lowest BCUT2D eigenvalue weighted by Crippen LogP contribution is -2.36. The smallest absolute Gasteiger partial charge is 0.307 e. The summed E-state index contributed by atoms with van der Waals surface area (Å²) >= 11 is 0.739. The van der Waals surface area contributed by atoms with E-state index in [0.717, 1.165) is 16.7 Å². The molecule has 1 fully saturated rings. The van der Waals surface area contributed by atoms with Gasteiger partial charge in [0, 0.05) is 11.8 Å². The predicted octanol–water partition coefficient (Wildman–Crippen LogP) is 2.58. The fraction of sp³-hybridized carbons (Fsp3) is 0.111. The first-order chi connectivity index (χ1) is 12.9. The van der Waals surface area contributed by atoms with E-state index in [2.05, 4.69) is 5.32 Å². The Morgan fingerprint density at radius 2 is 1.93 bits per heavy atom. The van der Waals surface area contributed by atoms with Crippen LogP contribution >= 0.6 is 11.8 Å². The lowest BCUT2D eigenvalue weighted by molar-refractivity contribution is -0.136. The normalized spacial score (nSPS) is 15.4. The van der Waals surface area contributed by atoms with Gasteiger partial charge in [0.15, 0.2) is 0 Å². The van der Waals surface area contributed by atoms with E-state index in [9.17, 15) is 19.2 Å². The number of hydrogen-bond acceptors (Lipinski definition) is 6. The molecule has 0 atom stereocenters. The molecule has 1 aliphatic heterocycles. The minimum Gasteiger partial charge on any atom is -0.481 e. The Labute approximate surface area is 157 Å². The molecule has 2 N–H and O–H groups in total. The van der Waals surface area contributed by atoms with Crippen molar-refractivity contribution >= 4 is 46.5 Å². The summed E-state index contributed by atoms with van der Waals surface area (Å²) in [5, 5.41) is 10.8. The van der Waals surface area contributed by atoms with Crippen LogP contribution in [0, 0.1) is 0 Å². The molecule has 8 nitrogen and oxygen atoms in total. The standard InChI is InChI=1S/C18H14N2O6S/c21-15(19-12-5-3-11(4-6-12)8-16(22)23)10-20-17(24)14(27-18(20)25)9-13-2-1-7-26-13/h1-7,9H,8,10H2,(H,19,21)(H,22,23)/b14-9-. The molecular formula is C18H14N2O6S. The SMILES string of the molecule is O=C(O)Cc1ccc(NC(=O)CN2C(=O)S/C(=C\c3ccco3)C2=O)cc1. The monoisotopic (exact) mass is 386 g/mol. The molecule has 0 saturated carbocycles. The first kappa shape index (κ1) is 18.5. The summed E-state index contributed by atoms with van der Waals surface area (Å²) in [6.07, 6.45) is 2.78. The van der Waals surface area contributed by atoms with Crippen molar-refractivity contribution in [2.75, 3.05) is 11.9 Å². The van der Waals surface area contributed by atoms with Crippen LogP contribution in [0.15, 0.2) is 52.0 Å². The number of amides is 3. The van der Waals surface area contributed by atoms with E-state index in [-0.39, 0.29) is 11.3 Å². The molecule has 138 valence electrons. The maximum Gasteiger partial charge on any atom is 0.307 e. The van der Waals surface area contributed by atoms with Gasteiger partial charge in [0.05, 0.1) is 17.6 Å². The van der Waals surface area contributed by atoms with Crippen molar-refractivity contribution in [3.63, 3.8) is 0 Å². The van der Waals surface area contributed by atoms with Crippen molar-refractivity contribution in [1.82, 2.24) is 4.90 Å². The van der Waals surface area contributed by atoms with E-state index < -0.39 is 29.6 Å². The number of thioether (sulfide) groups is 1. The number of carboxylic acid groups (broad SMARTS) is 1. The highest BCUT2D eigenvalue weighted by atomic mass is 32.2. The summed E-state index contributed by atoms with van der Waals surface area (Å²) in [6, 6.07) is 9.58. The number of nitrogens with one attached hydrogen (secondary N) is 1. The summed E-state index contributed by atoms with van der Waals surface area (Å²) < 4.78 is 5.12. The van der Waals surface area contributed by atoms with Crippen molar-refractivity contribution in [3.8, 4) is 0 Å². The zero-order valence-corrected chi connectivity index (χ0v) is 14.7. The van der Waals surface area contributed by atoms with Crippen molar-refractivity contribution in [2.45, 2.75) is 6.42 Å². The Bertz CT molecular complexity index is 918. The van der Waals surface area contributed by atoms with E-state index in [4.69, 9.17) is 9.52 Å². The molecule has 0 bridgehead atoms. The molecule has 1 saturated heterocycles. The highest BCUT2D eigenvalue weighted by molar-refractivity contribution is 8.18. The van der Waals surface area contributed by atoms with Gasteiger partial charge in [0.25, 0.3) is 11.1 Å². The van der Waals surface area contributed by atoms with Crippen LogP contribution in [0.3, 0.4) is 0 Å². The van der Waals surface area contributed by atoms with Crippen LogP contribution in [0.1, 0.15) is 11.3 Å². The van der Waals surface area contributed by atoms with Crippen molar-refractivity contribution in [1.29, 1.82) is 0 Å². The summed E-state index contributed by atoms with van der Waals surface area (Å²) in [6.45, 7) is -0.420. The average Bonchev–Trinajstić information content (AvgIpc) is 3.21. The number of furan rings is 1. The van der Waals surface area contributed by atoms with Crippen LogP contribution in [0.5, 0.6) is 0 Å². The number of carbonyl (C=O) groups is 4. The number of rotatable bonds is 6. The molecular weight excluding hydrogens is 372 g/mol. The Balaban J connectivity index is 1.61. The first-order valence-electron chi connectivity index (χ1n) is 7.82. The van der Waals surface area contributed by atoms with Crippen molar-refractivity contribution in [2.24, 2.45) is 0 Å². The third-order valence-electron chi connectivity index (χ3n) is 3.58. The quantitative estimate of drug-likeness (QED) is 0.733. The first-order valence-corrected chi connectivity index (χ1v) is 8.63. The number of benzene rings is 1. The van der Waals surface area contributed by atoms with Gasteiger partial charge in [-0.3, -0.25) is 24.1 Å². The molecule has 0 aliphatic carbocycles. The fourth-order valence-corrected chi connectivity index (χ4v) is 3.18. The molecule has 0 unspecified atom stereocenters. The van der Waals surface area contributed by atoms with Crippen LogP contribution in [-0.2, 0) is 20.8 Å². The number of hydrogen-bond donors (Lipinski definition) is 2. The molecule has 1 aromatic heterocycles. The van der Waals surface area contributed by atoms with Gasteiger partial charge in [-0.2, -0.15) is 0 Å². The van der Waals surface area contributed by atoms with Crippen LogP contribution in [0.2, 0.25) is 0 Å². The molecule has 2 heterocycles. The minimum absolute atomic E-state index is 0.118. The van der Waals surface area contributed by atoms with Crippen LogP contribution in [-0.4, -0.2) is 39.6 Å². The summed E-state index contributed by atoms with van der Waals surface area (Å²) in [7, 11) is 0. The highest BCUT2D eigenvalue weighted by Crippen LogP contribution is 2.32. The van der Waals surface area contributed by atoms with Gasteiger partial charge >= 0.3 is 5.97 Å². The number of anilines is 1. The third-order valence-corrected chi connectivity index (χ3v) is 4.49. The third kappa shape index (κ3) is 4.64. The van der Waals surface area contributed by atoms with Crippen LogP contribution in [0.4, 0.5) is 10.5 Å². The molecule has 0 spiro atoms. The molecule has 27 heavy (non-hydrogen) atoms. The average molecular weight is 386 g/mol. The van der Waals surface area contributed by atoms with Gasteiger partial charge in [-0.15, -0.1) is 0 Å². The highest BCUT2D eigenvalue weighted by Gasteiger charge is 2.36. The van der Waals surface area contributed by atoms with Crippen LogP contribution in [0.25, 0.3) is 6.08 Å². The number of nitrogens with zero attached hydrogens (tertiary/aromatic N) is 1. The Hall–Kier alpha value is -3.33. The number of aliphatic carboxylic acids is 1. The second-order valence-electron chi connectivity index (χ2n) is 5.60. The van der Waals surface area contributed by atoms with Crippen LogP contribution < -0.4 is 5.32 Å². The summed E-state index contributed by atoms with van der Waals surface area (Å²) in [4.78, 5) is 48.2. The summed E-state index contributed by atoms with van der Waals surface area (Å²) in [5.41, 5.74) is 1.03. The van der Waals surface area contributed by atoms with E-state index in [0.29, 0.717) is 17.0 Å². The van der Waals surface area contributed by atoms with Gasteiger partial charge in [0.2, 0.25) is 5.91 Å². The molecule has 3 amide bonds. The van der Waals surface area contributed by atoms with Crippen molar-refractivity contribution in [3.05, 3.63) is 58.9 Å². The lowest BCUT2D eigenvalue weighted by atomic mass is 10.1. The minimum atomic E-state index is -0.950. The van der Waals surface area contributed by atoms with E-state index in [1.807, 2.05) is 0 Å². The van der Waals surface area contributed by atoms with Gasteiger partial charge in [-0.25, -0.2) is 0 Å². The predicted molar refractivity (Wildman–Crippen MR) is 97.8 cm³/mol. The fourth-order valence-electron chi connectivity index (χ4n) is 2.36. The largest absolute Gasteiger partial charge is 0.481 e.